The van der Waals surface area contributed by atoms with Gasteiger partial charge in [-0.1, -0.05) is 0 Å². The summed E-state index contributed by atoms with van der Waals surface area (Å²) in [5, 5.41) is 0. The van der Waals surface area contributed by atoms with Crippen LogP contribution in [-0.2, 0) is 9.47 Å². The second-order valence-electron chi connectivity index (χ2n) is 5.34. The maximum absolute atomic E-state index is 12.8. The Morgan fingerprint density at radius 2 is 2.33 bits per heavy atom. The number of rotatable bonds is 3. The fourth-order valence-corrected chi connectivity index (χ4v) is 3.22. The van der Waals surface area contributed by atoms with E-state index in [1.807, 2.05) is 4.90 Å². The van der Waals surface area contributed by atoms with E-state index >= 15 is 0 Å². The summed E-state index contributed by atoms with van der Waals surface area (Å²) in [4.78, 5) is 18.8. The summed E-state index contributed by atoms with van der Waals surface area (Å²) < 4.78 is 16.5. The number of carbonyl (C=O) groups excluding carboxylic acids is 1. The molecular weight excluding hydrogens is 272 g/mol. The molecule has 0 saturated carbocycles. The van der Waals surface area contributed by atoms with E-state index in [0.717, 1.165) is 19.4 Å². The lowest BCUT2D eigenvalue weighted by atomic mass is 10.0. The summed E-state index contributed by atoms with van der Waals surface area (Å²) in [6, 6.07) is 3.56. The van der Waals surface area contributed by atoms with Crippen molar-refractivity contribution in [2.75, 3.05) is 27.4 Å². The van der Waals surface area contributed by atoms with Gasteiger partial charge in [-0.05, 0) is 25.0 Å². The number of hydrogen-bond donors (Lipinski definition) is 0. The first-order valence-corrected chi connectivity index (χ1v) is 7.20. The van der Waals surface area contributed by atoms with Gasteiger partial charge in [0.1, 0.15) is 17.8 Å². The lowest BCUT2D eigenvalue weighted by molar-refractivity contribution is -0.0639. The minimum Gasteiger partial charge on any atom is -0.480 e. The molecule has 6 nitrogen and oxygen atoms in total. The molecule has 0 radical (unpaired) electrons. The van der Waals surface area contributed by atoms with E-state index in [0.29, 0.717) is 18.0 Å². The number of pyridine rings is 1. The van der Waals surface area contributed by atoms with E-state index in [1.165, 1.54) is 7.11 Å². The normalized spacial score (nSPS) is 28.3. The van der Waals surface area contributed by atoms with E-state index in [-0.39, 0.29) is 24.2 Å². The molecule has 1 amide bonds. The van der Waals surface area contributed by atoms with Gasteiger partial charge in [-0.3, -0.25) is 4.79 Å². The second kappa shape index (κ2) is 5.99. The third kappa shape index (κ3) is 2.49. The number of fused-ring (bicyclic) bond motifs is 1. The van der Waals surface area contributed by atoms with Gasteiger partial charge in [0.05, 0.1) is 19.7 Å². The molecule has 0 unspecified atom stereocenters. The van der Waals surface area contributed by atoms with Crippen molar-refractivity contribution in [1.29, 1.82) is 0 Å². The molecule has 114 valence electrons. The van der Waals surface area contributed by atoms with Gasteiger partial charge in [0.15, 0.2) is 0 Å². The van der Waals surface area contributed by atoms with Crippen LogP contribution in [0.2, 0.25) is 0 Å². The molecule has 3 rings (SSSR count). The quantitative estimate of drug-likeness (QED) is 0.835. The second-order valence-corrected chi connectivity index (χ2v) is 5.34. The topological polar surface area (TPSA) is 60.9 Å². The van der Waals surface area contributed by atoms with Crippen molar-refractivity contribution < 1.29 is 19.0 Å². The number of methoxy groups -OCH3 is 2. The van der Waals surface area contributed by atoms with Crippen molar-refractivity contribution in [1.82, 2.24) is 9.88 Å². The summed E-state index contributed by atoms with van der Waals surface area (Å²) in [5.74, 6) is 0.289. The number of amides is 1. The number of carbonyl (C=O) groups is 1. The molecule has 2 saturated heterocycles. The average Bonchev–Trinajstić information content (AvgIpc) is 2.93. The van der Waals surface area contributed by atoms with Gasteiger partial charge in [-0.15, -0.1) is 0 Å². The largest absolute Gasteiger partial charge is 0.480 e. The molecule has 0 N–H and O–H groups in total. The molecule has 2 fully saturated rings. The lowest BCUT2D eigenvalue weighted by Gasteiger charge is -2.32. The monoisotopic (exact) mass is 292 g/mol. The summed E-state index contributed by atoms with van der Waals surface area (Å²) in [5.41, 5.74) is 0.487. The number of likely N-dealkylation sites (tertiary alicyclic amines) is 1. The first-order valence-electron chi connectivity index (χ1n) is 7.20. The maximum atomic E-state index is 12.8. The van der Waals surface area contributed by atoms with Gasteiger partial charge in [-0.2, -0.15) is 0 Å². The Kier molecular flexibility index (Phi) is 4.07. The molecule has 0 bridgehead atoms. The minimum atomic E-state index is -0.0694. The molecule has 0 aromatic carbocycles. The van der Waals surface area contributed by atoms with Gasteiger partial charge in [0.2, 0.25) is 5.88 Å². The molecular formula is C15H20N2O4. The summed E-state index contributed by atoms with van der Waals surface area (Å²) in [6.07, 6.45) is 3.42. The Bertz CT molecular complexity index is 522. The highest BCUT2D eigenvalue weighted by atomic mass is 16.5. The third-order valence-corrected chi connectivity index (χ3v) is 4.24. The van der Waals surface area contributed by atoms with Crippen LogP contribution in [0.4, 0.5) is 0 Å². The van der Waals surface area contributed by atoms with Gasteiger partial charge >= 0.3 is 0 Å². The van der Waals surface area contributed by atoms with Crippen LogP contribution in [0, 0.1) is 0 Å². The molecule has 3 atom stereocenters. The van der Waals surface area contributed by atoms with Crippen molar-refractivity contribution in [3.63, 3.8) is 0 Å². The zero-order valence-corrected chi connectivity index (χ0v) is 12.3. The molecule has 2 aliphatic heterocycles. The fraction of sp³-hybridized carbons (Fsp3) is 0.600. The van der Waals surface area contributed by atoms with Crippen molar-refractivity contribution in [2.45, 2.75) is 31.1 Å². The number of nitrogens with zero attached hydrogens (tertiary/aromatic N) is 2. The molecule has 6 heteroatoms. The lowest BCUT2D eigenvalue weighted by Crippen LogP contribution is -2.43. The minimum absolute atomic E-state index is 0.0321. The molecule has 0 aliphatic carbocycles. The van der Waals surface area contributed by atoms with Crippen LogP contribution in [0.3, 0.4) is 0 Å². The van der Waals surface area contributed by atoms with E-state index in [9.17, 15) is 4.79 Å². The third-order valence-electron chi connectivity index (χ3n) is 4.24. The highest BCUT2D eigenvalue weighted by Crippen LogP contribution is 2.32. The summed E-state index contributed by atoms with van der Waals surface area (Å²) >= 11 is 0. The number of aromatic nitrogens is 1. The highest BCUT2D eigenvalue weighted by molar-refractivity contribution is 5.96. The van der Waals surface area contributed by atoms with Crippen LogP contribution in [-0.4, -0.2) is 61.4 Å². The van der Waals surface area contributed by atoms with Gasteiger partial charge < -0.3 is 19.1 Å². The Hall–Kier alpha value is -1.66. The van der Waals surface area contributed by atoms with E-state index in [4.69, 9.17) is 14.2 Å². The smallest absolute Gasteiger partial charge is 0.259 e. The predicted molar refractivity (Wildman–Crippen MR) is 75.4 cm³/mol. The molecule has 0 spiro atoms. The molecule has 21 heavy (non-hydrogen) atoms. The highest BCUT2D eigenvalue weighted by Gasteiger charge is 2.46. The first-order chi connectivity index (χ1) is 10.3. The standard InChI is InChI=1S/C15H20N2O4/c1-19-12-9-17(11-6-4-8-21-13(11)12)15(18)10-5-3-7-16-14(10)20-2/h3,5,7,11-13H,4,6,8-9H2,1-2H3/t11-,12+,13+/m0/s1. The Labute approximate surface area is 124 Å². The first kappa shape index (κ1) is 14.3. The fourth-order valence-electron chi connectivity index (χ4n) is 3.22. The van der Waals surface area contributed by atoms with Gasteiger partial charge in [-0.25, -0.2) is 4.98 Å². The van der Waals surface area contributed by atoms with Crippen molar-refractivity contribution >= 4 is 5.91 Å². The zero-order chi connectivity index (χ0) is 14.8. The van der Waals surface area contributed by atoms with Crippen LogP contribution in [0.5, 0.6) is 5.88 Å². The maximum Gasteiger partial charge on any atom is 0.259 e. The molecule has 2 aliphatic rings. The zero-order valence-electron chi connectivity index (χ0n) is 12.3. The summed E-state index contributed by atoms with van der Waals surface area (Å²) in [7, 11) is 3.19. The van der Waals surface area contributed by atoms with Crippen LogP contribution >= 0.6 is 0 Å². The van der Waals surface area contributed by atoms with Crippen LogP contribution in [0.1, 0.15) is 23.2 Å². The van der Waals surface area contributed by atoms with Gasteiger partial charge in [0.25, 0.3) is 5.91 Å². The van der Waals surface area contributed by atoms with Crippen LogP contribution in [0.15, 0.2) is 18.3 Å². The van der Waals surface area contributed by atoms with E-state index < -0.39 is 0 Å². The number of hydrogen-bond acceptors (Lipinski definition) is 5. The Morgan fingerprint density at radius 3 is 3.10 bits per heavy atom. The van der Waals surface area contributed by atoms with E-state index in [2.05, 4.69) is 4.98 Å². The SMILES string of the molecule is COc1ncccc1C(=O)N1C[C@@H](OC)[C@@H]2OCCC[C@@H]21. The predicted octanol–water partition coefficient (Wildman–Crippen LogP) is 1.11. The van der Waals surface area contributed by atoms with Crippen LogP contribution < -0.4 is 4.74 Å². The Balaban J connectivity index is 1.87. The van der Waals surface area contributed by atoms with Crippen LogP contribution in [0.25, 0.3) is 0 Å². The molecule has 1 aromatic heterocycles. The van der Waals surface area contributed by atoms with E-state index in [1.54, 1.807) is 25.4 Å². The Morgan fingerprint density at radius 1 is 1.48 bits per heavy atom. The molecule has 1 aromatic rings. The summed E-state index contributed by atoms with van der Waals surface area (Å²) in [6.45, 7) is 1.28. The van der Waals surface area contributed by atoms with Crippen molar-refractivity contribution in [2.24, 2.45) is 0 Å². The number of ether oxygens (including phenoxy) is 3. The molecule has 3 heterocycles. The van der Waals surface area contributed by atoms with Gasteiger partial charge in [0, 0.05) is 19.9 Å². The average molecular weight is 292 g/mol. The van der Waals surface area contributed by atoms with Crippen molar-refractivity contribution in [3.05, 3.63) is 23.9 Å². The van der Waals surface area contributed by atoms with Crippen molar-refractivity contribution in [3.8, 4) is 5.88 Å².